The number of amides is 1. The lowest BCUT2D eigenvalue weighted by molar-refractivity contribution is -0.115. The topological polar surface area (TPSA) is 34.0 Å². The number of aryl methyl sites for hydroxylation is 1. The monoisotopic (exact) mass is 380 g/mol. The van der Waals surface area contributed by atoms with Crippen LogP contribution >= 0.6 is 11.8 Å². The summed E-state index contributed by atoms with van der Waals surface area (Å²) in [6.45, 7) is 5.15. The maximum Gasteiger partial charge on any atom is 0.237 e. The lowest BCUT2D eigenvalue weighted by Crippen LogP contribution is -2.25. The van der Waals surface area contributed by atoms with Gasteiger partial charge >= 0.3 is 0 Å². The SMILES string of the molecule is CCn1c2ccccc2c2cc(NC(=O)C(C)SC3CCCCC3)ccc21. The minimum Gasteiger partial charge on any atom is -0.341 e. The van der Waals surface area contributed by atoms with Crippen LogP contribution in [0.25, 0.3) is 21.8 Å². The first kappa shape index (κ1) is 18.4. The summed E-state index contributed by atoms with van der Waals surface area (Å²) in [6.07, 6.45) is 6.48. The number of rotatable bonds is 5. The molecule has 0 saturated heterocycles. The van der Waals surface area contributed by atoms with E-state index >= 15 is 0 Å². The van der Waals surface area contributed by atoms with Gasteiger partial charge in [0.2, 0.25) is 5.91 Å². The van der Waals surface area contributed by atoms with Gasteiger partial charge < -0.3 is 9.88 Å². The van der Waals surface area contributed by atoms with Crippen LogP contribution in [-0.2, 0) is 11.3 Å². The summed E-state index contributed by atoms with van der Waals surface area (Å²) in [5.74, 6) is 0.115. The second-order valence-corrected chi connectivity index (χ2v) is 9.17. The normalized spacial score (nSPS) is 16.7. The average molecular weight is 381 g/mol. The van der Waals surface area contributed by atoms with Crippen molar-refractivity contribution < 1.29 is 4.79 Å². The van der Waals surface area contributed by atoms with Crippen LogP contribution in [0.3, 0.4) is 0 Å². The molecule has 1 amide bonds. The molecule has 27 heavy (non-hydrogen) atoms. The molecule has 0 radical (unpaired) electrons. The first-order valence-corrected chi connectivity index (χ1v) is 11.1. The zero-order chi connectivity index (χ0) is 18.8. The van der Waals surface area contributed by atoms with E-state index < -0.39 is 0 Å². The molecule has 2 aromatic carbocycles. The largest absolute Gasteiger partial charge is 0.341 e. The number of hydrogen-bond acceptors (Lipinski definition) is 2. The molecular weight excluding hydrogens is 352 g/mol. The molecule has 3 nitrogen and oxygen atoms in total. The van der Waals surface area contributed by atoms with Gasteiger partial charge in [-0.05, 0) is 51.0 Å². The number of hydrogen-bond donors (Lipinski definition) is 1. The first-order valence-electron chi connectivity index (χ1n) is 10.1. The molecular formula is C23H28N2OS. The van der Waals surface area contributed by atoms with E-state index in [2.05, 4.69) is 53.2 Å². The van der Waals surface area contributed by atoms with Gasteiger partial charge in [-0.15, -0.1) is 11.8 Å². The van der Waals surface area contributed by atoms with Gasteiger partial charge in [0.05, 0.1) is 5.25 Å². The fourth-order valence-electron chi connectivity index (χ4n) is 4.27. The van der Waals surface area contributed by atoms with Crippen molar-refractivity contribution in [1.29, 1.82) is 0 Å². The van der Waals surface area contributed by atoms with Gasteiger partial charge in [-0.3, -0.25) is 4.79 Å². The zero-order valence-corrected chi connectivity index (χ0v) is 17.0. The van der Waals surface area contributed by atoms with Gasteiger partial charge in [-0.1, -0.05) is 37.5 Å². The molecule has 1 heterocycles. The average Bonchev–Trinajstić information content (AvgIpc) is 3.02. The number of carbonyl (C=O) groups is 1. The van der Waals surface area contributed by atoms with E-state index in [4.69, 9.17) is 0 Å². The van der Waals surface area contributed by atoms with Crippen LogP contribution in [0.4, 0.5) is 5.69 Å². The van der Waals surface area contributed by atoms with Crippen molar-refractivity contribution in [1.82, 2.24) is 4.57 Å². The number of carbonyl (C=O) groups excluding carboxylic acids is 1. The molecule has 1 saturated carbocycles. The van der Waals surface area contributed by atoms with Crippen molar-refractivity contribution in [2.45, 2.75) is 63.0 Å². The number of thioether (sulfide) groups is 1. The summed E-state index contributed by atoms with van der Waals surface area (Å²) in [5, 5.41) is 6.23. The predicted octanol–water partition coefficient (Wildman–Crippen LogP) is 6.21. The first-order chi connectivity index (χ1) is 13.2. The lowest BCUT2D eigenvalue weighted by atomic mass is 10.0. The van der Waals surface area contributed by atoms with E-state index in [0.717, 1.165) is 12.2 Å². The Morgan fingerprint density at radius 3 is 2.63 bits per heavy atom. The molecule has 4 heteroatoms. The van der Waals surface area contributed by atoms with Crippen LogP contribution in [0.5, 0.6) is 0 Å². The molecule has 1 aliphatic carbocycles. The number of aromatic nitrogens is 1. The van der Waals surface area contributed by atoms with E-state index in [1.54, 1.807) is 0 Å². The molecule has 0 aliphatic heterocycles. The second kappa shape index (κ2) is 7.97. The van der Waals surface area contributed by atoms with E-state index in [9.17, 15) is 4.79 Å². The summed E-state index contributed by atoms with van der Waals surface area (Å²) in [7, 11) is 0. The van der Waals surface area contributed by atoms with Crippen LogP contribution in [-0.4, -0.2) is 21.0 Å². The highest BCUT2D eigenvalue weighted by Crippen LogP contribution is 2.33. The van der Waals surface area contributed by atoms with Crippen molar-refractivity contribution in [3.63, 3.8) is 0 Å². The third kappa shape index (κ3) is 3.73. The molecule has 1 atom stereocenters. The minimum absolute atomic E-state index is 0.0132. The van der Waals surface area contributed by atoms with E-state index in [1.165, 1.54) is 53.9 Å². The fraction of sp³-hybridized carbons (Fsp3) is 0.435. The highest BCUT2D eigenvalue weighted by molar-refractivity contribution is 8.01. The maximum atomic E-state index is 12.7. The number of para-hydroxylation sites is 1. The maximum absolute atomic E-state index is 12.7. The molecule has 1 unspecified atom stereocenters. The number of anilines is 1. The van der Waals surface area contributed by atoms with E-state index in [-0.39, 0.29) is 11.2 Å². The summed E-state index contributed by atoms with van der Waals surface area (Å²) in [4.78, 5) is 12.7. The van der Waals surface area contributed by atoms with Gasteiger partial charge in [0.15, 0.2) is 0 Å². The van der Waals surface area contributed by atoms with Crippen LogP contribution in [0.2, 0.25) is 0 Å². The molecule has 1 aliphatic rings. The molecule has 4 rings (SSSR count). The Hall–Kier alpha value is -1.94. The summed E-state index contributed by atoms with van der Waals surface area (Å²) >= 11 is 1.85. The summed E-state index contributed by atoms with van der Waals surface area (Å²) in [6, 6.07) is 14.8. The van der Waals surface area contributed by atoms with Gasteiger partial charge in [-0.2, -0.15) is 0 Å². The number of fused-ring (bicyclic) bond motifs is 3. The quantitative estimate of drug-likeness (QED) is 0.571. The third-order valence-electron chi connectivity index (χ3n) is 5.67. The summed E-state index contributed by atoms with van der Waals surface area (Å²) < 4.78 is 2.33. The van der Waals surface area contributed by atoms with Crippen molar-refractivity contribution in [2.75, 3.05) is 5.32 Å². The van der Waals surface area contributed by atoms with E-state index in [1.807, 2.05) is 24.8 Å². The van der Waals surface area contributed by atoms with Crippen molar-refractivity contribution >= 4 is 45.2 Å². The Labute approximate surface area is 165 Å². The van der Waals surface area contributed by atoms with Crippen LogP contribution in [0, 0.1) is 0 Å². The minimum atomic E-state index is -0.0132. The summed E-state index contributed by atoms with van der Waals surface area (Å²) in [5.41, 5.74) is 3.36. The number of benzene rings is 2. The van der Waals surface area contributed by atoms with E-state index in [0.29, 0.717) is 5.25 Å². The van der Waals surface area contributed by atoms with Gasteiger partial charge in [0.1, 0.15) is 0 Å². The van der Waals surface area contributed by atoms with Crippen LogP contribution < -0.4 is 5.32 Å². The number of nitrogens with zero attached hydrogens (tertiary/aromatic N) is 1. The number of nitrogens with one attached hydrogen (secondary N) is 1. The van der Waals surface area contributed by atoms with Crippen LogP contribution in [0.1, 0.15) is 46.0 Å². The third-order valence-corrected chi connectivity index (χ3v) is 7.15. The highest BCUT2D eigenvalue weighted by atomic mass is 32.2. The standard InChI is InChI=1S/C23H28N2OS/c1-3-25-21-12-8-7-11-19(21)20-15-17(13-14-22(20)25)24-23(26)16(2)27-18-9-5-4-6-10-18/h7-8,11-16,18H,3-6,9-10H2,1-2H3,(H,24,26). The van der Waals surface area contributed by atoms with Gasteiger partial charge in [0, 0.05) is 39.3 Å². The molecule has 0 spiro atoms. The molecule has 142 valence electrons. The Kier molecular flexibility index (Phi) is 5.44. The van der Waals surface area contributed by atoms with Gasteiger partial charge in [-0.25, -0.2) is 0 Å². The molecule has 1 N–H and O–H groups in total. The van der Waals surface area contributed by atoms with Crippen molar-refractivity contribution in [3.8, 4) is 0 Å². The molecule has 3 aromatic rings. The Morgan fingerprint density at radius 2 is 1.85 bits per heavy atom. The lowest BCUT2D eigenvalue weighted by Gasteiger charge is -2.23. The van der Waals surface area contributed by atoms with Crippen molar-refractivity contribution in [3.05, 3.63) is 42.5 Å². The second-order valence-electron chi connectivity index (χ2n) is 7.52. The fourth-order valence-corrected chi connectivity index (χ4v) is 5.63. The Bertz CT molecular complexity index is 956. The molecule has 0 bridgehead atoms. The highest BCUT2D eigenvalue weighted by Gasteiger charge is 2.21. The molecule has 1 fully saturated rings. The van der Waals surface area contributed by atoms with Crippen LogP contribution in [0.15, 0.2) is 42.5 Å². The predicted molar refractivity (Wildman–Crippen MR) is 118 cm³/mol. The molecule has 1 aromatic heterocycles. The Morgan fingerprint density at radius 1 is 1.11 bits per heavy atom. The zero-order valence-electron chi connectivity index (χ0n) is 16.2. The van der Waals surface area contributed by atoms with Gasteiger partial charge in [0.25, 0.3) is 0 Å². The Balaban J connectivity index is 1.55. The smallest absolute Gasteiger partial charge is 0.237 e. The van der Waals surface area contributed by atoms with Crippen molar-refractivity contribution in [2.24, 2.45) is 0 Å².